The molecule has 2 heterocycles. The summed E-state index contributed by atoms with van der Waals surface area (Å²) < 4.78 is 11.3. The van der Waals surface area contributed by atoms with Crippen LogP contribution in [0.3, 0.4) is 0 Å². The topological polar surface area (TPSA) is 47.6 Å². The third kappa shape index (κ3) is 2.27. The summed E-state index contributed by atoms with van der Waals surface area (Å²) in [6.07, 6.45) is 2.36. The second-order valence-corrected chi connectivity index (χ2v) is 5.05. The molecule has 19 heavy (non-hydrogen) atoms. The molecule has 4 nitrogen and oxygen atoms in total. The van der Waals surface area contributed by atoms with Crippen molar-refractivity contribution in [3.63, 3.8) is 0 Å². The highest BCUT2D eigenvalue weighted by atomic mass is 16.5. The number of carbonyl (C=O) groups is 1. The summed E-state index contributed by atoms with van der Waals surface area (Å²) in [5, 5.41) is 2.84. The zero-order chi connectivity index (χ0) is 13.2. The van der Waals surface area contributed by atoms with Gasteiger partial charge in [-0.1, -0.05) is 0 Å². The Labute approximate surface area is 113 Å². The van der Waals surface area contributed by atoms with Crippen LogP contribution in [-0.4, -0.2) is 25.7 Å². The van der Waals surface area contributed by atoms with Gasteiger partial charge in [-0.25, -0.2) is 0 Å². The Morgan fingerprint density at radius 2 is 2.21 bits per heavy atom. The zero-order valence-corrected chi connectivity index (χ0v) is 11.2. The summed E-state index contributed by atoms with van der Waals surface area (Å²) in [6, 6.07) is 3.99. The van der Waals surface area contributed by atoms with Gasteiger partial charge in [0.15, 0.2) is 0 Å². The first kappa shape index (κ1) is 12.3. The maximum atomic E-state index is 11.6. The second-order valence-electron chi connectivity index (χ2n) is 5.05. The quantitative estimate of drug-likeness (QED) is 0.902. The highest BCUT2D eigenvalue weighted by molar-refractivity contribution is 5.75. The van der Waals surface area contributed by atoms with Crippen LogP contribution in [0.25, 0.3) is 0 Å². The van der Waals surface area contributed by atoms with Crippen LogP contribution >= 0.6 is 0 Å². The summed E-state index contributed by atoms with van der Waals surface area (Å²) in [6.45, 7) is 4.08. The lowest BCUT2D eigenvalue weighted by atomic mass is 9.91. The first-order valence-corrected chi connectivity index (χ1v) is 6.97. The smallest absolute Gasteiger partial charge is 0.220 e. The van der Waals surface area contributed by atoms with Crippen LogP contribution in [-0.2, 0) is 11.2 Å². The molecule has 0 radical (unpaired) electrons. The number of rotatable bonds is 4. The van der Waals surface area contributed by atoms with Gasteiger partial charge in [0.25, 0.3) is 0 Å². The molecule has 3 rings (SSSR count). The number of hydrogen-bond acceptors (Lipinski definition) is 3. The number of fused-ring (bicyclic) bond motifs is 3. The molecule has 4 heteroatoms. The van der Waals surface area contributed by atoms with Gasteiger partial charge in [-0.15, -0.1) is 0 Å². The van der Waals surface area contributed by atoms with Crippen LogP contribution in [0.1, 0.15) is 36.8 Å². The molecule has 1 aromatic carbocycles. The fourth-order valence-corrected chi connectivity index (χ4v) is 2.95. The van der Waals surface area contributed by atoms with E-state index in [1.54, 1.807) is 0 Å². The molecule has 0 saturated carbocycles. The molecule has 1 unspecified atom stereocenters. The summed E-state index contributed by atoms with van der Waals surface area (Å²) in [5.41, 5.74) is 2.56. The minimum absolute atomic E-state index is 0.125. The standard InChI is InChI=1S/C15H19NO3/c1-2-16-14(17)6-3-10-9-19-13-5-4-12-11(15(10)13)7-8-18-12/h4-5,10H,2-3,6-9H2,1H3,(H,16,17). The van der Waals surface area contributed by atoms with Crippen molar-refractivity contribution in [3.05, 3.63) is 23.3 Å². The predicted octanol–water partition coefficient (Wildman–Crippen LogP) is 2.01. The third-order valence-corrected chi connectivity index (χ3v) is 3.83. The summed E-state index contributed by atoms with van der Waals surface area (Å²) >= 11 is 0. The summed E-state index contributed by atoms with van der Waals surface area (Å²) in [4.78, 5) is 11.6. The van der Waals surface area contributed by atoms with E-state index in [0.29, 0.717) is 25.5 Å². The van der Waals surface area contributed by atoms with E-state index in [1.165, 1.54) is 11.1 Å². The van der Waals surface area contributed by atoms with E-state index in [2.05, 4.69) is 5.32 Å². The molecule has 1 aromatic rings. The van der Waals surface area contributed by atoms with Gasteiger partial charge in [0.1, 0.15) is 11.5 Å². The van der Waals surface area contributed by atoms with E-state index >= 15 is 0 Å². The molecule has 2 aliphatic heterocycles. The van der Waals surface area contributed by atoms with Crippen molar-refractivity contribution >= 4 is 5.91 Å². The number of ether oxygens (including phenoxy) is 2. The van der Waals surface area contributed by atoms with Crippen molar-refractivity contribution in [1.29, 1.82) is 0 Å². The van der Waals surface area contributed by atoms with Gasteiger partial charge < -0.3 is 14.8 Å². The van der Waals surface area contributed by atoms with Crippen molar-refractivity contribution < 1.29 is 14.3 Å². The SMILES string of the molecule is CCNC(=O)CCC1COc2ccc3c(c21)CCO3. The minimum atomic E-state index is 0.125. The van der Waals surface area contributed by atoms with Crippen molar-refractivity contribution in [1.82, 2.24) is 5.32 Å². The monoisotopic (exact) mass is 261 g/mol. The largest absolute Gasteiger partial charge is 0.493 e. The van der Waals surface area contributed by atoms with Gasteiger partial charge in [0.05, 0.1) is 13.2 Å². The highest BCUT2D eigenvalue weighted by Gasteiger charge is 2.31. The van der Waals surface area contributed by atoms with E-state index < -0.39 is 0 Å². The Morgan fingerprint density at radius 1 is 1.37 bits per heavy atom. The van der Waals surface area contributed by atoms with Crippen molar-refractivity contribution in [2.24, 2.45) is 0 Å². The maximum Gasteiger partial charge on any atom is 0.220 e. The highest BCUT2D eigenvalue weighted by Crippen LogP contribution is 2.44. The summed E-state index contributed by atoms with van der Waals surface area (Å²) in [7, 11) is 0. The van der Waals surface area contributed by atoms with Crippen LogP contribution in [0, 0.1) is 0 Å². The molecule has 0 bridgehead atoms. The van der Waals surface area contributed by atoms with Gasteiger partial charge in [0.2, 0.25) is 5.91 Å². The Morgan fingerprint density at radius 3 is 3.05 bits per heavy atom. The molecule has 1 N–H and O–H groups in total. The normalized spacial score (nSPS) is 19.3. The van der Waals surface area contributed by atoms with E-state index in [-0.39, 0.29) is 5.91 Å². The molecule has 0 aliphatic carbocycles. The van der Waals surface area contributed by atoms with Crippen molar-refractivity contribution in [3.8, 4) is 11.5 Å². The van der Waals surface area contributed by atoms with Gasteiger partial charge >= 0.3 is 0 Å². The van der Waals surface area contributed by atoms with Crippen molar-refractivity contribution in [2.75, 3.05) is 19.8 Å². The number of hydrogen-bond donors (Lipinski definition) is 1. The maximum absolute atomic E-state index is 11.6. The first-order valence-electron chi connectivity index (χ1n) is 6.97. The predicted molar refractivity (Wildman–Crippen MR) is 71.8 cm³/mol. The molecule has 2 aliphatic rings. The Balaban J connectivity index is 1.75. The lowest BCUT2D eigenvalue weighted by Gasteiger charge is -2.11. The number of nitrogens with one attached hydrogen (secondary N) is 1. The molecule has 1 amide bonds. The minimum Gasteiger partial charge on any atom is -0.493 e. The fourth-order valence-electron chi connectivity index (χ4n) is 2.95. The summed E-state index contributed by atoms with van der Waals surface area (Å²) in [5.74, 6) is 2.42. The Bertz CT molecular complexity index is 498. The van der Waals surface area contributed by atoms with Crippen LogP contribution in [0.15, 0.2) is 12.1 Å². The van der Waals surface area contributed by atoms with Crippen LogP contribution in [0.5, 0.6) is 11.5 Å². The van der Waals surface area contributed by atoms with Crippen molar-refractivity contribution in [2.45, 2.75) is 32.1 Å². The average Bonchev–Trinajstić information content (AvgIpc) is 3.02. The molecule has 0 fully saturated rings. The molecule has 0 saturated heterocycles. The second kappa shape index (κ2) is 5.11. The third-order valence-electron chi connectivity index (χ3n) is 3.83. The number of benzene rings is 1. The van der Waals surface area contributed by atoms with Gasteiger partial charge in [0, 0.05) is 36.4 Å². The van der Waals surface area contributed by atoms with E-state index in [4.69, 9.17) is 9.47 Å². The van der Waals surface area contributed by atoms with E-state index in [0.717, 1.165) is 30.9 Å². The van der Waals surface area contributed by atoms with Gasteiger partial charge in [-0.05, 0) is 25.5 Å². The fraction of sp³-hybridized carbons (Fsp3) is 0.533. The zero-order valence-electron chi connectivity index (χ0n) is 11.2. The van der Waals surface area contributed by atoms with E-state index in [9.17, 15) is 4.79 Å². The van der Waals surface area contributed by atoms with Crippen LogP contribution in [0.4, 0.5) is 0 Å². The molecule has 0 aromatic heterocycles. The number of carbonyl (C=O) groups excluding carboxylic acids is 1. The Kier molecular flexibility index (Phi) is 3.32. The molecule has 0 spiro atoms. The molecular formula is C15H19NO3. The molecule has 102 valence electrons. The number of amides is 1. The lowest BCUT2D eigenvalue weighted by molar-refractivity contribution is -0.121. The molecule has 1 atom stereocenters. The first-order chi connectivity index (χ1) is 9.29. The van der Waals surface area contributed by atoms with Crippen LogP contribution < -0.4 is 14.8 Å². The van der Waals surface area contributed by atoms with Crippen LogP contribution in [0.2, 0.25) is 0 Å². The van der Waals surface area contributed by atoms with Gasteiger partial charge in [-0.2, -0.15) is 0 Å². The van der Waals surface area contributed by atoms with E-state index in [1.807, 2.05) is 19.1 Å². The average molecular weight is 261 g/mol. The Hall–Kier alpha value is -1.71. The van der Waals surface area contributed by atoms with Gasteiger partial charge in [-0.3, -0.25) is 4.79 Å². The lowest BCUT2D eigenvalue weighted by Crippen LogP contribution is -2.23. The molecular weight excluding hydrogens is 242 g/mol.